The Morgan fingerprint density at radius 3 is 2.71 bits per heavy atom. The third-order valence-corrected chi connectivity index (χ3v) is 3.79. The molecule has 0 saturated carbocycles. The highest BCUT2D eigenvalue weighted by atomic mass is 32.1. The summed E-state index contributed by atoms with van der Waals surface area (Å²) in [4.78, 5) is 1.45. The van der Waals surface area contributed by atoms with E-state index < -0.39 is 0 Å². The van der Waals surface area contributed by atoms with Gasteiger partial charge in [0.05, 0.1) is 0 Å². The molecule has 0 saturated heterocycles. The van der Waals surface area contributed by atoms with E-state index >= 15 is 0 Å². The molecule has 0 aliphatic rings. The Balaban J connectivity index is 2.76. The molecule has 0 radical (unpaired) electrons. The van der Waals surface area contributed by atoms with Gasteiger partial charge in [0.25, 0.3) is 0 Å². The van der Waals surface area contributed by atoms with Crippen LogP contribution in [0, 0.1) is 12.8 Å². The summed E-state index contributed by atoms with van der Waals surface area (Å²) in [6.45, 7) is 5.20. The largest absolute Gasteiger partial charge is 0.330 e. The van der Waals surface area contributed by atoms with E-state index in [2.05, 4.69) is 30.6 Å². The topological polar surface area (TPSA) is 38.0 Å². The van der Waals surface area contributed by atoms with Crippen LogP contribution in [0.3, 0.4) is 0 Å². The molecule has 1 heterocycles. The van der Waals surface area contributed by atoms with Crippen molar-refractivity contribution in [3.63, 3.8) is 0 Å². The fourth-order valence-electron chi connectivity index (χ4n) is 1.81. The molecule has 1 rings (SSSR count). The Morgan fingerprint density at radius 1 is 1.57 bits per heavy atom. The molecular weight excluding hydrogens is 192 g/mol. The lowest BCUT2D eigenvalue weighted by atomic mass is 9.95. The molecule has 0 aliphatic carbocycles. The van der Waals surface area contributed by atoms with Crippen molar-refractivity contribution in [2.45, 2.75) is 26.3 Å². The van der Waals surface area contributed by atoms with Gasteiger partial charge < -0.3 is 11.1 Å². The van der Waals surface area contributed by atoms with E-state index in [9.17, 15) is 0 Å². The van der Waals surface area contributed by atoms with Gasteiger partial charge >= 0.3 is 0 Å². The highest BCUT2D eigenvalue weighted by molar-refractivity contribution is 7.10. The van der Waals surface area contributed by atoms with Crippen LogP contribution in [0.15, 0.2) is 11.4 Å². The van der Waals surface area contributed by atoms with Gasteiger partial charge in [0.2, 0.25) is 0 Å². The van der Waals surface area contributed by atoms with E-state index in [-0.39, 0.29) is 0 Å². The maximum absolute atomic E-state index is 5.59. The zero-order valence-corrected chi connectivity index (χ0v) is 10.0. The lowest BCUT2D eigenvalue weighted by Gasteiger charge is -2.22. The lowest BCUT2D eigenvalue weighted by Crippen LogP contribution is -2.25. The quantitative estimate of drug-likeness (QED) is 0.786. The van der Waals surface area contributed by atoms with Crippen molar-refractivity contribution in [1.82, 2.24) is 5.32 Å². The molecule has 2 nitrogen and oxygen atoms in total. The molecule has 0 aliphatic heterocycles. The van der Waals surface area contributed by atoms with Gasteiger partial charge in [0.15, 0.2) is 0 Å². The van der Waals surface area contributed by atoms with Crippen molar-refractivity contribution in [1.29, 1.82) is 0 Å². The average molecular weight is 212 g/mol. The van der Waals surface area contributed by atoms with E-state index in [4.69, 9.17) is 5.73 Å². The van der Waals surface area contributed by atoms with Gasteiger partial charge in [0, 0.05) is 10.9 Å². The van der Waals surface area contributed by atoms with Crippen LogP contribution < -0.4 is 11.1 Å². The van der Waals surface area contributed by atoms with E-state index in [0.29, 0.717) is 12.0 Å². The first kappa shape index (κ1) is 11.7. The Labute approximate surface area is 90.5 Å². The second kappa shape index (κ2) is 5.49. The Morgan fingerprint density at radius 2 is 2.29 bits per heavy atom. The van der Waals surface area contributed by atoms with Crippen molar-refractivity contribution < 1.29 is 0 Å². The monoisotopic (exact) mass is 212 g/mol. The maximum atomic E-state index is 5.59. The van der Waals surface area contributed by atoms with Gasteiger partial charge in [-0.3, -0.25) is 0 Å². The van der Waals surface area contributed by atoms with Crippen LogP contribution in [-0.2, 0) is 0 Å². The van der Waals surface area contributed by atoms with Crippen molar-refractivity contribution in [2.24, 2.45) is 11.7 Å². The van der Waals surface area contributed by atoms with Crippen molar-refractivity contribution >= 4 is 11.3 Å². The molecule has 0 aromatic carbocycles. The molecule has 1 aromatic heterocycles. The van der Waals surface area contributed by atoms with Crippen LogP contribution in [0.25, 0.3) is 0 Å². The minimum Gasteiger partial charge on any atom is -0.330 e. The van der Waals surface area contributed by atoms with Crippen LogP contribution in [0.1, 0.15) is 29.8 Å². The summed E-state index contributed by atoms with van der Waals surface area (Å²) in [5, 5.41) is 5.54. The minimum atomic E-state index is 0.457. The molecule has 14 heavy (non-hydrogen) atoms. The Kier molecular flexibility index (Phi) is 4.58. The van der Waals surface area contributed by atoms with Gasteiger partial charge in [0.1, 0.15) is 0 Å². The maximum Gasteiger partial charge on any atom is 0.0441 e. The molecule has 0 amide bonds. The number of hydrogen-bond acceptors (Lipinski definition) is 3. The highest BCUT2D eigenvalue weighted by Crippen LogP contribution is 2.30. The van der Waals surface area contributed by atoms with E-state index in [1.165, 1.54) is 10.4 Å². The van der Waals surface area contributed by atoms with Crippen molar-refractivity contribution in [2.75, 3.05) is 13.6 Å². The lowest BCUT2D eigenvalue weighted by molar-refractivity contribution is 0.396. The third kappa shape index (κ3) is 2.56. The highest BCUT2D eigenvalue weighted by Gasteiger charge is 2.19. The summed E-state index contributed by atoms with van der Waals surface area (Å²) in [5.41, 5.74) is 6.98. The number of nitrogens with two attached hydrogens (primary N) is 1. The number of aryl methyl sites for hydroxylation is 1. The summed E-state index contributed by atoms with van der Waals surface area (Å²) in [6.07, 6.45) is 1.07. The molecule has 1 aromatic rings. The molecule has 2 atom stereocenters. The zero-order valence-electron chi connectivity index (χ0n) is 9.21. The zero-order chi connectivity index (χ0) is 10.6. The second-order valence-electron chi connectivity index (χ2n) is 3.79. The molecule has 3 heteroatoms. The van der Waals surface area contributed by atoms with Gasteiger partial charge in [-0.05, 0) is 49.9 Å². The van der Waals surface area contributed by atoms with Crippen LogP contribution in [0.2, 0.25) is 0 Å². The van der Waals surface area contributed by atoms with Gasteiger partial charge in [-0.2, -0.15) is 0 Å². The van der Waals surface area contributed by atoms with Gasteiger partial charge in [-0.1, -0.05) is 6.92 Å². The molecule has 0 spiro atoms. The molecule has 80 valence electrons. The van der Waals surface area contributed by atoms with E-state index in [1.54, 1.807) is 0 Å². The molecule has 3 N–H and O–H groups in total. The standard InChI is InChI=1S/C11H20N2S/c1-8(4-6-12)10(13-3)11-9(2)5-7-14-11/h5,7-8,10,13H,4,6,12H2,1-3H3. The predicted molar refractivity (Wildman–Crippen MR) is 63.7 cm³/mol. The number of hydrogen-bond donors (Lipinski definition) is 2. The molecule has 0 bridgehead atoms. The smallest absolute Gasteiger partial charge is 0.0441 e. The summed E-state index contributed by atoms with van der Waals surface area (Å²) < 4.78 is 0. The second-order valence-corrected chi connectivity index (χ2v) is 4.74. The molecular formula is C11H20N2S. The molecule has 0 fully saturated rings. The summed E-state index contributed by atoms with van der Waals surface area (Å²) in [7, 11) is 2.02. The first-order valence-electron chi connectivity index (χ1n) is 5.12. The number of rotatable bonds is 5. The van der Waals surface area contributed by atoms with Crippen LogP contribution in [0.4, 0.5) is 0 Å². The van der Waals surface area contributed by atoms with Crippen molar-refractivity contribution in [3.05, 3.63) is 21.9 Å². The fourth-order valence-corrected chi connectivity index (χ4v) is 2.98. The van der Waals surface area contributed by atoms with Gasteiger partial charge in [-0.25, -0.2) is 0 Å². The Bertz CT molecular complexity index is 270. The predicted octanol–water partition coefficient (Wildman–Crippen LogP) is 2.30. The van der Waals surface area contributed by atoms with Gasteiger partial charge in [-0.15, -0.1) is 11.3 Å². The number of nitrogens with one attached hydrogen (secondary N) is 1. The normalized spacial score (nSPS) is 15.4. The number of thiophene rings is 1. The van der Waals surface area contributed by atoms with E-state index in [0.717, 1.165) is 13.0 Å². The first-order valence-corrected chi connectivity index (χ1v) is 6.00. The third-order valence-electron chi connectivity index (χ3n) is 2.69. The van der Waals surface area contributed by atoms with Crippen LogP contribution >= 0.6 is 11.3 Å². The Hall–Kier alpha value is -0.380. The van der Waals surface area contributed by atoms with Crippen LogP contribution in [0.5, 0.6) is 0 Å². The SMILES string of the molecule is CNC(c1sccc1C)C(C)CCN. The summed E-state index contributed by atoms with van der Waals surface area (Å²) in [6, 6.07) is 2.64. The van der Waals surface area contributed by atoms with E-state index in [1.807, 2.05) is 18.4 Å². The van der Waals surface area contributed by atoms with Crippen LogP contribution in [-0.4, -0.2) is 13.6 Å². The first-order chi connectivity index (χ1) is 6.70. The van der Waals surface area contributed by atoms with Crippen molar-refractivity contribution in [3.8, 4) is 0 Å². The molecule has 2 unspecified atom stereocenters. The minimum absolute atomic E-state index is 0.457. The fraction of sp³-hybridized carbons (Fsp3) is 0.636. The summed E-state index contributed by atoms with van der Waals surface area (Å²) in [5.74, 6) is 0.599. The average Bonchev–Trinajstić information content (AvgIpc) is 2.54. The summed E-state index contributed by atoms with van der Waals surface area (Å²) >= 11 is 1.83.